The molecular formula is C22H24NO2PS. The van der Waals surface area contributed by atoms with E-state index in [0.29, 0.717) is 4.90 Å². The van der Waals surface area contributed by atoms with E-state index < -0.39 is 18.1 Å². The van der Waals surface area contributed by atoms with Crippen LogP contribution in [0.4, 0.5) is 0 Å². The summed E-state index contributed by atoms with van der Waals surface area (Å²) >= 11 is 0. The predicted molar refractivity (Wildman–Crippen MR) is 116 cm³/mol. The highest BCUT2D eigenvalue weighted by molar-refractivity contribution is 7.93. The maximum atomic E-state index is 13.1. The molecule has 0 aromatic heterocycles. The van der Waals surface area contributed by atoms with Gasteiger partial charge in [0.2, 0.25) is 0 Å². The van der Waals surface area contributed by atoms with E-state index in [2.05, 4.69) is 11.1 Å². The topological polar surface area (TPSA) is 49.7 Å². The molecule has 0 aliphatic heterocycles. The van der Waals surface area contributed by atoms with Gasteiger partial charge >= 0.3 is 0 Å². The van der Waals surface area contributed by atoms with E-state index in [4.69, 9.17) is 0 Å². The third-order valence-corrected chi connectivity index (χ3v) is 8.24. The van der Waals surface area contributed by atoms with Crippen molar-refractivity contribution in [3.05, 3.63) is 90.5 Å². The second kappa shape index (κ2) is 9.27. The summed E-state index contributed by atoms with van der Waals surface area (Å²) in [6, 6.07) is 26.8. The van der Waals surface area contributed by atoms with E-state index in [1.54, 1.807) is 12.1 Å². The predicted octanol–water partition coefficient (Wildman–Crippen LogP) is 5.38. The molecule has 1 unspecified atom stereocenters. The molecular weight excluding hydrogens is 373 g/mol. The molecule has 0 aliphatic rings. The maximum absolute atomic E-state index is 13.1. The number of hydrogen-bond acceptors (Lipinski definition) is 2. The van der Waals surface area contributed by atoms with Crippen LogP contribution < -0.4 is 10.6 Å². The minimum atomic E-state index is -3.49. The molecule has 0 fully saturated rings. The summed E-state index contributed by atoms with van der Waals surface area (Å²) in [6.45, 7) is 2.16. The summed E-state index contributed by atoms with van der Waals surface area (Å²) in [5, 5.41) is 1.92. The third-order valence-electron chi connectivity index (χ3n) is 4.24. The number of benzene rings is 3. The molecule has 3 nitrogen and oxygen atoms in total. The fourth-order valence-corrected chi connectivity index (χ4v) is 6.47. The van der Waals surface area contributed by atoms with Gasteiger partial charge in [0, 0.05) is 10.6 Å². The molecule has 1 N–H and O–H groups in total. The molecule has 0 amide bonds. The van der Waals surface area contributed by atoms with Gasteiger partial charge in [-0.3, -0.25) is 4.55 Å². The lowest BCUT2D eigenvalue weighted by molar-refractivity contribution is 0.553. The molecule has 3 rings (SSSR count). The molecule has 0 bridgehead atoms. The van der Waals surface area contributed by atoms with E-state index in [1.165, 1.54) is 5.56 Å². The van der Waals surface area contributed by atoms with Crippen LogP contribution in [0, 0.1) is 0 Å². The van der Waals surface area contributed by atoms with E-state index >= 15 is 0 Å². The Kier molecular flexibility index (Phi) is 6.78. The van der Waals surface area contributed by atoms with E-state index in [0.717, 1.165) is 29.9 Å². The first-order chi connectivity index (χ1) is 13.1. The van der Waals surface area contributed by atoms with Gasteiger partial charge in [0.05, 0.1) is 13.0 Å². The summed E-state index contributed by atoms with van der Waals surface area (Å²) < 4.78 is 28.3. The zero-order chi connectivity index (χ0) is 19.1. The van der Waals surface area contributed by atoms with Gasteiger partial charge in [-0.1, -0.05) is 86.1 Å². The molecule has 0 saturated carbocycles. The van der Waals surface area contributed by atoms with Crippen molar-refractivity contribution in [2.45, 2.75) is 31.1 Å². The number of nitrogens with zero attached hydrogens (tertiary/aromatic N) is 1. The van der Waals surface area contributed by atoms with E-state index in [9.17, 15) is 8.76 Å². The second-order valence-corrected chi connectivity index (χ2v) is 10.1. The Bertz CT molecular complexity index is 927. The van der Waals surface area contributed by atoms with Crippen molar-refractivity contribution in [1.82, 2.24) is 0 Å². The van der Waals surface area contributed by atoms with Crippen LogP contribution in [-0.4, -0.2) is 8.76 Å². The summed E-state index contributed by atoms with van der Waals surface area (Å²) in [6.07, 6.45) is 3.24. The zero-order valence-electron chi connectivity index (χ0n) is 15.4. The summed E-state index contributed by atoms with van der Waals surface area (Å²) in [5.41, 5.74) is 1.18. The lowest BCUT2D eigenvalue weighted by atomic mass is 10.1. The summed E-state index contributed by atoms with van der Waals surface area (Å²) in [7, 11) is -4.77. The maximum Gasteiger partial charge on any atom is 0.194 e. The quantitative estimate of drug-likeness (QED) is 0.545. The van der Waals surface area contributed by atoms with Crippen molar-refractivity contribution in [3.63, 3.8) is 0 Å². The van der Waals surface area contributed by atoms with Gasteiger partial charge in [-0.15, -0.1) is 0 Å². The average molecular weight is 397 g/mol. The average Bonchev–Trinajstić information content (AvgIpc) is 2.72. The first kappa shape index (κ1) is 19.8. The fraction of sp³-hybridized carbons (Fsp3) is 0.182. The van der Waals surface area contributed by atoms with Crippen LogP contribution in [0.1, 0.15) is 25.3 Å². The molecule has 3 aromatic rings. The van der Waals surface area contributed by atoms with Gasteiger partial charge in [0.1, 0.15) is 0 Å². The van der Waals surface area contributed by atoms with Crippen LogP contribution >= 0.6 is 8.07 Å². The molecule has 140 valence electrons. The van der Waals surface area contributed by atoms with Crippen LogP contribution in [0.15, 0.2) is 94.0 Å². The van der Waals surface area contributed by atoms with Gasteiger partial charge in [-0.05, 0) is 30.5 Å². The van der Waals surface area contributed by atoms with Gasteiger partial charge < -0.3 is 0 Å². The Morgan fingerprint density at radius 1 is 0.852 bits per heavy atom. The molecule has 3 aromatic carbocycles. The van der Waals surface area contributed by atoms with Gasteiger partial charge in [0.25, 0.3) is 0 Å². The van der Waals surface area contributed by atoms with Crippen LogP contribution in [0.5, 0.6) is 0 Å². The largest absolute Gasteiger partial charge is 0.296 e. The Labute approximate surface area is 163 Å². The van der Waals surface area contributed by atoms with Crippen molar-refractivity contribution >= 4 is 28.7 Å². The zero-order valence-corrected chi connectivity index (χ0v) is 17.1. The molecule has 0 aliphatic carbocycles. The number of unbranched alkanes of at least 4 members (excludes halogenated alkanes) is 1. The fourth-order valence-electron chi connectivity index (χ4n) is 2.75. The van der Waals surface area contributed by atoms with Crippen molar-refractivity contribution in [1.29, 1.82) is 0 Å². The molecule has 0 saturated heterocycles. The Morgan fingerprint density at radius 2 is 1.37 bits per heavy atom. The minimum Gasteiger partial charge on any atom is -0.296 e. The highest BCUT2D eigenvalue weighted by atomic mass is 32.2. The SMILES string of the molecule is CCCCc1ccc(S(=O)(O)=NP(c2ccccc2)c2ccccc2)cc1. The smallest absolute Gasteiger partial charge is 0.194 e. The number of rotatable bonds is 7. The normalized spacial score (nSPS) is 13.3. The first-order valence-corrected chi connectivity index (χ1v) is 11.9. The van der Waals surface area contributed by atoms with Crippen molar-refractivity contribution < 1.29 is 8.76 Å². The molecule has 27 heavy (non-hydrogen) atoms. The van der Waals surface area contributed by atoms with Crippen LogP contribution in [0.3, 0.4) is 0 Å². The molecule has 0 heterocycles. The Balaban J connectivity index is 1.99. The molecule has 5 heteroatoms. The number of aryl methyl sites for hydroxylation is 1. The van der Waals surface area contributed by atoms with Gasteiger partial charge in [-0.2, -0.15) is 4.13 Å². The van der Waals surface area contributed by atoms with Crippen LogP contribution in [0.2, 0.25) is 0 Å². The second-order valence-electron chi connectivity index (χ2n) is 6.31. The number of hydrogen-bond donors (Lipinski definition) is 1. The Morgan fingerprint density at radius 3 is 1.85 bits per heavy atom. The van der Waals surface area contributed by atoms with E-state index in [1.807, 2.05) is 72.8 Å². The van der Waals surface area contributed by atoms with Crippen molar-refractivity contribution in [2.24, 2.45) is 4.13 Å². The van der Waals surface area contributed by atoms with Crippen molar-refractivity contribution in [2.75, 3.05) is 0 Å². The molecule has 1 atom stereocenters. The third kappa shape index (κ3) is 5.26. The first-order valence-electron chi connectivity index (χ1n) is 9.09. The molecule has 0 radical (unpaired) electrons. The van der Waals surface area contributed by atoms with Crippen LogP contribution in [-0.2, 0) is 16.4 Å². The van der Waals surface area contributed by atoms with Gasteiger partial charge in [0.15, 0.2) is 10.0 Å². The highest BCUT2D eigenvalue weighted by Crippen LogP contribution is 2.37. The monoisotopic (exact) mass is 397 g/mol. The standard InChI is InChI=1S/C22H24NO2PS/c1-2-3-10-19-15-17-22(18-16-19)27(24,25)23-26(20-11-6-4-7-12-20)21-13-8-5-9-14-21/h4-9,11-18H,2-3,10H2,1H3,(H,23,24,25). The highest BCUT2D eigenvalue weighted by Gasteiger charge is 2.18. The lowest BCUT2D eigenvalue weighted by Crippen LogP contribution is -2.11. The van der Waals surface area contributed by atoms with E-state index in [-0.39, 0.29) is 0 Å². The Hall–Kier alpha value is -2.00. The summed E-state index contributed by atoms with van der Waals surface area (Å²) in [4.78, 5) is 0.363. The minimum absolute atomic E-state index is 0.363. The molecule has 0 spiro atoms. The van der Waals surface area contributed by atoms with Crippen molar-refractivity contribution in [3.8, 4) is 0 Å². The van der Waals surface area contributed by atoms with Gasteiger partial charge in [-0.25, -0.2) is 4.21 Å². The lowest BCUT2D eigenvalue weighted by Gasteiger charge is -2.15. The summed E-state index contributed by atoms with van der Waals surface area (Å²) in [5.74, 6) is 0. The van der Waals surface area contributed by atoms with Crippen LogP contribution in [0.25, 0.3) is 0 Å².